The van der Waals surface area contributed by atoms with Crippen molar-refractivity contribution in [3.8, 4) is 17.2 Å². The number of hydrogen-bond donors (Lipinski definition) is 1. The molecule has 0 spiro atoms. The van der Waals surface area contributed by atoms with Crippen LogP contribution in [-0.4, -0.2) is 18.8 Å². The number of rotatable bonds is 4. The summed E-state index contributed by atoms with van der Waals surface area (Å²) in [5, 5.41) is 0. The van der Waals surface area contributed by atoms with Crippen LogP contribution in [0.2, 0.25) is 0 Å². The molecule has 0 bridgehead atoms. The van der Waals surface area contributed by atoms with Gasteiger partial charge in [0.2, 0.25) is 5.91 Å². The average molecular weight is 299 g/mol. The third kappa shape index (κ3) is 2.70. The highest BCUT2D eigenvalue weighted by Gasteiger charge is 2.24. The number of amides is 1. The van der Waals surface area contributed by atoms with Gasteiger partial charge in [-0.2, -0.15) is 0 Å². The Morgan fingerprint density at radius 2 is 1.68 bits per heavy atom. The standard InChI is InChI=1S/C17H17NO4/c1-10-7-12(8-11(2)16(10)17(18)19)20-9-15-21-13-5-3-4-6-14(13)22-15/h3-8,15H,9H2,1-2H3,(H2,18,19). The second-order valence-electron chi connectivity index (χ2n) is 5.22. The molecule has 5 heteroatoms. The van der Waals surface area contributed by atoms with Crippen LogP contribution in [0.1, 0.15) is 21.5 Å². The molecule has 2 N–H and O–H groups in total. The molecular weight excluding hydrogens is 282 g/mol. The molecule has 1 aliphatic rings. The first-order chi connectivity index (χ1) is 10.5. The van der Waals surface area contributed by atoms with Gasteiger partial charge in [0.05, 0.1) is 0 Å². The second kappa shape index (κ2) is 5.60. The maximum absolute atomic E-state index is 11.4. The highest BCUT2D eigenvalue weighted by Crippen LogP contribution is 2.34. The van der Waals surface area contributed by atoms with Gasteiger partial charge in [-0.15, -0.1) is 0 Å². The topological polar surface area (TPSA) is 70.8 Å². The van der Waals surface area contributed by atoms with E-state index in [1.807, 2.05) is 38.1 Å². The molecule has 114 valence electrons. The van der Waals surface area contributed by atoms with Crippen molar-refractivity contribution < 1.29 is 19.0 Å². The molecule has 0 saturated heterocycles. The number of ether oxygens (including phenoxy) is 3. The Bertz CT molecular complexity index is 678. The molecule has 0 saturated carbocycles. The van der Waals surface area contributed by atoms with E-state index >= 15 is 0 Å². The van der Waals surface area contributed by atoms with Crippen molar-refractivity contribution in [2.75, 3.05) is 6.61 Å². The van der Waals surface area contributed by atoms with Gasteiger partial charge in [0.25, 0.3) is 6.29 Å². The molecule has 1 heterocycles. The summed E-state index contributed by atoms with van der Waals surface area (Å²) < 4.78 is 17.0. The zero-order chi connectivity index (χ0) is 15.7. The fourth-order valence-corrected chi connectivity index (χ4v) is 2.58. The van der Waals surface area contributed by atoms with Crippen molar-refractivity contribution in [1.29, 1.82) is 0 Å². The summed E-state index contributed by atoms with van der Waals surface area (Å²) in [6.07, 6.45) is -0.478. The van der Waals surface area contributed by atoms with Crippen LogP contribution in [0.25, 0.3) is 0 Å². The summed E-state index contributed by atoms with van der Waals surface area (Å²) >= 11 is 0. The van der Waals surface area contributed by atoms with Crippen molar-refractivity contribution in [3.05, 3.63) is 53.1 Å². The van der Waals surface area contributed by atoms with Crippen molar-refractivity contribution >= 4 is 5.91 Å². The van der Waals surface area contributed by atoms with Gasteiger partial charge < -0.3 is 19.9 Å². The average Bonchev–Trinajstić information content (AvgIpc) is 2.86. The second-order valence-corrected chi connectivity index (χ2v) is 5.22. The van der Waals surface area contributed by atoms with Crippen molar-refractivity contribution in [2.45, 2.75) is 20.1 Å². The zero-order valence-electron chi connectivity index (χ0n) is 12.5. The third-order valence-corrected chi connectivity index (χ3v) is 3.50. The number of nitrogens with two attached hydrogens (primary N) is 1. The fraction of sp³-hybridized carbons (Fsp3) is 0.235. The quantitative estimate of drug-likeness (QED) is 0.942. The minimum absolute atomic E-state index is 0.253. The van der Waals surface area contributed by atoms with Gasteiger partial charge in [0.1, 0.15) is 5.75 Å². The number of benzene rings is 2. The summed E-state index contributed by atoms with van der Waals surface area (Å²) in [5.41, 5.74) is 7.48. The van der Waals surface area contributed by atoms with E-state index in [1.54, 1.807) is 12.1 Å². The predicted molar refractivity (Wildman–Crippen MR) is 81.4 cm³/mol. The number of primary amides is 1. The van der Waals surface area contributed by atoms with E-state index in [0.717, 1.165) is 11.1 Å². The Kier molecular flexibility index (Phi) is 3.63. The Morgan fingerprint density at radius 1 is 1.14 bits per heavy atom. The molecule has 0 aliphatic carbocycles. The monoisotopic (exact) mass is 299 g/mol. The smallest absolute Gasteiger partial charge is 0.275 e. The van der Waals surface area contributed by atoms with Gasteiger partial charge in [0, 0.05) is 5.56 Å². The lowest BCUT2D eigenvalue weighted by Crippen LogP contribution is -2.26. The number of aryl methyl sites for hydroxylation is 2. The molecule has 0 radical (unpaired) electrons. The maximum atomic E-state index is 11.4. The van der Waals surface area contributed by atoms with Gasteiger partial charge in [0.15, 0.2) is 18.1 Å². The first-order valence-electron chi connectivity index (χ1n) is 7.01. The summed E-state index contributed by atoms with van der Waals surface area (Å²) in [7, 11) is 0. The van der Waals surface area contributed by atoms with Crippen LogP contribution < -0.4 is 19.9 Å². The van der Waals surface area contributed by atoms with Crippen LogP contribution >= 0.6 is 0 Å². The molecule has 5 nitrogen and oxygen atoms in total. The van der Waals surface area contributed by atoms with E-state index in [1.165, 1.54) is 0 Å². The number of carbonyl (C=O) groups is 1. The van der Waals surface area contributed by atoms with Crippen molar-refractivity contribution in [1.82, 2.24) is 0 Å². The van der Waals surface area contributed by atoms with Crippen LogP contribution in [0.15, 0.2) is 36.4 Å². The van der Waals surface area contributed by atoms with E-state index in [2.05, 4.69) is 0 Å². The number of para-hydroxylation sites is 2. The molecular formula is C17H17NO4. The lowest BCUT2D eigenvalue weighted by Gasteiger charge is -2.14. The highest BCUT2D eigenvalue weighted by molar-refractivity contribution is 5.96. The van der Waals surface area contributed by atoms with E-state index < -0.39 is 12.2 Å². The Labute approximate surface area is 128 Å². The predicted octanol–water partition coefficient (Wildman–Crippen LogP) is 2.58. The van der Waals surface area contributed by atoms with Gasteiger partial charge in [-0.05, 0) is 49.2 Å². The number of fused-ring (bicyclic) bond motifs is 1. The number of hydrogen-bond acceptors (Lipinski definition) is 4. The van der Waals surface area contributed by atoms with E-state index in [9.17, 15) is 4.79 Å². The van der Waals surface area contributed by atoms with Gasteiger partial charge in [-0.3, -0.25) is 4.79 Å². The number of carbonyl (C=O) groups excluding carboxylic acids is 1. The minimum atomic E-state index is -0.478. The molecule has 22 heavy (non-hydrogen) atoms. The summed E-state index contributed by atoms with van der Waals surface area (Å²) in [6, 6.07) is 11.1. The summed E-state index contributed by atoms with van der Waals surface area (Å²) in [5.74, 6) is 1.66. The summed E-state index contributed by atoms with van der Waals surface area (Å²) in [4.78, 5) is 11.4. The van der Waals surface area contributed by atoms with Gasteiger partial charge >= 0.3 is 0 Å². The summed E-state index contributed by atoms with van der Waals surface area (Å²) in [6.45, 7) is 3.92. The fourth-order valence-electron chi connectivity index (χ4n) is 2.58. The molecule has 1 amide bonds. The van der Waals surface area contributed by atoms with Crippen molar-refractivity contribution in [2.24, 2.45) is 5.73 Å². The lowest BCUT2D eigenvalue weighted by molar-refractivity contribution is 0.00780. The largest absolute Gasteiger partial charge is 0.486 e. The molecule has 3 rings (SSSR count). The maximum Gasteiger partial charge on any atom is 0.275 e. The van der Waals surface area contributed by atoms with E-state index in [0.29, 0.717) is 22.8 Å². The Morgan fingerprint density at radius 3 is 2.18 bits per heavy atom. The highest BCUT2D eigenvalue weighted by atomic mass is 16.7. The molecule has 0 aromatic heterocycles. The van der Waals surface area contributed by atoms with Crippen LogP contribution in [0.3, 0.4) is 0 Å². The van der Waals surface area contributed by atoms with Gasteiger partial charge in [-0.1, -0.05) is 12.1 Å². The normalized spacial score (nSPS) is 13.2. The molecule has 0 unspecified atom stereocenters. The Hall–Kier alpha value is -2.69. The van der Waals surface area contributed by atoms with Gasteiger partial charge in [-0.25, -0.2) is 0 Å². The first-order valence-corrected chi connectivity index (χ1v) is 7.01. The van der Waals surface area contributed by atoms with E-state index in [4.69, 9.17) is 19.9 Å². The van der Waals surface area contributed by atoms with E-state index in [-0.39, 0.29) is 6.61 Å². The molecule has 0 atom stereocenters. The van der Waals surface area contributed by atoms with Crippen LogP contribution in [0.4, 0.5) is 0 Å². The zero-order valence-corrected chi connectivity index (χ0v) is 12.5. The molecule has 2 aromatic rings. The molecule has 2 aromatic carbocycles. The molecule has 0 fully saturated rings. The van der Waals surface area contributed by atoms with Crippen LogP contribution in [0.5, 0.6) is 17.2 Å². The van der Waals surface area contributed by atoms with Crippen molar-refractivity contribution in [3.63, 3.8) is 0 Å². The minimum Gasteiger partial charge on any atom is -0.486 e. The van der Waals surface area contributed by atoms with Crippen LogP contribution in [0, 0.1) is 13.8 Å². The SMILES string of the molecule is Cc1cc(OCC2Oc3ccccc3O2)cc(C)c1C(N)=O. The lowest BCUT2D eigenvalue weighted by atomic mass is 10.0. The third-order valence-electron chi connectivity index (χ3n) is 3.50. The Balaban J connectivity index is 1.67. The first kappa shape index (κ1) is 14.3. The van der Waals surface area contributed by atoms with Crippen LogP contribution in [-0.2, 0) is 0 Å². The molecule has 1 aliphatic heterocycles.